The number of nitrogens with two attached hydrogens (primary N) is 1. The zero-order valence-corrected chi connectivity index (χ0v) is 13.4. The number of nitro groups is 1. The van der Waals surface area contributed by atoms with Crippen LogP contribution in [0.15, 0.2) is 40.9 Å². The molecule has 0 heterocycles. The van der Waals surface area contributed by atoms with Crippen LogP contribution in [-0.4, -0.2) is 4.92 Å². The van der Waals surface area contributed by atoms with Crippen LogP contribution in [0.25, 0.3) is 0 Å². The lowest BCUT2D eigenvalue weighted by Gasteiger charge is -2.12. The molecule has 2 aromatic rings. The summed E-state index contributed by atoms with van der Waals surface area (Å²) in [6, 6.07) is 9.51. The highest BCUT2D eigenvalue weighted by atomic mass is 79.9. The summed E-state index contributed by atoms with van der Waals surface area (Å²) < 4.78 is 5.92. The molecule has 0 aromatic heterocycles. The van der Waals surface area contributed by atoms with Crippen molar-refractivity contribution in [3.05, 3.63) is 61.6 Å². The highest BCUT2D eigenvalue weighted by molar-refractivity contribution is 9.10. The maximum atomic E-state index is 10.9. The number of hydrogen-bond donors (Lipinski definition) is 1. The minimum absolute atomic E-state index is 0.0641. The molecule has 0 spiro atoms. The quantitative estimate of drug-likeness (QED) is 0.617. The van der Waals surface area contributed by atoms with E-state index in [-0.39, 0.29) is 16.2 Å². The van der Waals surface area contributed by atoms with Crippen molar-refractivity contribution in [1.82, 2.24) is 0 Å². The SMILES string of the molecule is CC(N)c1ccc(Oc2cccc([N+](=O)[O-])c2Br)cc1Cl. The van der Waals surface area contributed by atoms with Gasteiger partial charge in [0, 0.05) is 17.1 Å². The summed E-state index contributed by atoms with van der Waals surface area (Å²) >= 11 is 9.31. The molecule has 0 amide bonds. The topological polar surface area (TPSA) is 78.4 Å². The van der Waals surface area contributed by atoms with Crippen LogP contribution in [0.4, 0.5) is 5.69 Å². The molecule has 5 nitrogen and oxygen atoms in total. The number of ether oxygens (including phenoxy) is 1. The highest BCUT2D eigenvalue weighted by Gasteiger charge is 2.16. The molecule has 2 N–H and O–H groups in total. The number of nitro benzene ring substituents is 1. The first-order chi connectivity index (χ1) is 9.90. The van der Waals surface area contributed by atoms with E-state index in [0.29, 0.717) is 16.5 Å². The van der Waals surface area contributed by atoms with Gasteiger partial charge in [0.05, 0.1) is 4.92 Å². The fourth-order valence-corrected chi connectivity index (χ4v) is 2.62. The van der Waals surface area contributed by atoms with E-state index in [4.69, 9.17) is 22.1 Å². The zero-order chi connectivity index (χ0) is 15.6. The Kier molecular flexibility index (Phi) is 4.82. The lowest BCUT2D eigenvalue weighted by atomic mass is 10.1. The first-order valence-electron chi connectivity index (χ1n) is 6.06. The molecular weight excluding hydrogens is 360 g/mol. The van der Waals surface area contributed by atoms with Crippen LogP contribution in [0, 0.1) is 10.1 Å². The van der Waals surface area contributed by atoms with E-state index in [1.165, 1.54) is 6.07 Å². The van der Waals surface area contributed by atoms with Crippen LogP contribution in [-0.2, 0) is 0 Å². The van der Waals surface area contributed by atoms with Gasteiger partial charge in [0.2, 0.25) is 0 Å². The molecule has 0 aliphatic heterocycles. The van der Waals surface area contributed by atoms with Gasteiger partial charge in [-0.05, 0) is 46.6 Å². The van der Waals surface area contributed by atoms with Crippen LogP contribution in [0.3, 0.4) is 0 Å². The molecule has 2 rings (SSSR count). The monoisotopic (exact) mass is 370 g/mol. The Morgan fingerprint density at radius 2 is 2.10 bits per heavy atom. The first kappa shape index (κ1) is 15.8. The Labute approximate surface area is 134 Å². The predicted molar refractivity (Wildman–Crippen MR) is 84.9 cm³/mol. The molecule has 0 radical (unpaired) electrons. The van der Waals surface area contributed by atoms with E-state index in [9.17, 15) is 10.1 Å². The van der Waals surface area contributed by atoms with Crippen LogP contribution in [0.5, 0.6) is 11.5 Å². The van der Waals surface area contributed by atoms with Crippen LogP contribution in [0.2, 0.25) is 5.02 Å². The van der Waals surface area contributed by atoms with Crippen molar-refractivity contribution >= 4 is 33.2 Å². The maximum absolute atomic E-state index is 10.9. The summed E-state index contributed by atoms with van der Waals surface area (Å²) in [7, 11) is 0. The second kappa shape index (κ2) is 6.43. The minimum Gasteiger partial charge on any atom is -0.456 e. The molecule has 0 saturated carbocycles. The highest BCUT2D eigenvalue weighted by Crippen LogP contribution is 2.37. The molecule has 0 fully saturated rings. The molecular formula is C14H12BrClN2O3. The Morgan fingerprint density at radius 3 is 2.67 bits per heavy atom. The van der Waals surface area contributed by atoms with Crippen LogP contribution < -0.4 is 10.5 Å². The van der Waals surface area contributed by atoms with Crippen molar-refractivity contribution in [1.29, 1.82) is 0 Å². The van der Waals surface area contributed by atoms with Crippen LogP contribution in [0.1, 0.15) is 18.5 Å². The van der Waals surface area contributed by atoms with E-state index in [2.05, 4.69) is 15.9 Å². The fourth-order valence-electron chi connectivity index (χ4n) is 1.79. The normalized spacial score (nSPS) is 12.0. The molecule has 7 heteroatoms. The molecule has 0 aliphatic carbocycles. The third-order valence-corrected chi connectivity index (χ3v) is 3.95. The van der Waals surface area contributed by atoms with Crippen molar-refractivity contribution in [2.45, 2.75) is 13.0 Å². The number of hydrogen-bond acceptors (Lipinski definition) is 4. The molecule has 110 valence electrons. The van der Waals surface area contributed by atoms with Gasteiger partial charge in [-0.25, -0.2) is 0 Å². The second-order valence-electron chi connectivity index (χ2n) is 4.42. The maximum Gasteiger partial charge on any atom is 0.287 e. The van der Waals surface area contributed by atoms with Crippen molar-refractivity contribution in [3.63, 3.8) is 0 Å². The van der Waals surface area contributed by atoms with Crippen molar-refractivity contribution in [3.8, 4) is 11.5 Å². The van der Waals surface area contributed by atoms with E-state index in [0.717, 1.165) is 5.56 Å². The molecule has 21 heavy (non-hydrogen) atoms. The van der Waals surface area contributed by atoms with E-state index >= 15 is 0 Å². The summed E-state index contributed by atoms with van der Waals surface area (Å²) in [6.45, 7) is 1.83. The molecule has 0 bridgehead atoms. The van der Waals surface area contributed by atoms with E-state index in [1.807, 2.05) is 6.92 Å². The van der Waals surface area contributed by atoms with Gasteiger partial charge in [0.25, 0.3) is 5.69 Å². The fraction of sp³-hybridized carbons (Fsp3) is 0.143. The molecule has 0 saturated heterocycles. The van der Waals surface area contributed by atoms with Crippen molar-refractivity contribution in [2.75, 3.05) is 0 Å². The number of halogens is 2. The third-order valence-electron chi connectivity index (χ3n) is 2.83. The average Bonchev–Trinajstić information content (AvgIpc) is 2.40. The van der Waals surface area contributed by atoms with Crippen molar-refractivity contribution in [2.24, 2.45) is 5.73 Å². The first-order valence-corrected chi connectivity index (χ1v) is 7.23. The molecule has 1 unspecified atom stereocenters. The van der Waals surface area contributed by atoms with Gasteiger partial charge in [-0.2, -0.15) is 0 Å². The average molecular weight is 372 g/mol. The Hall–Kier alpha value is -1.63. The largest absolute Gasteiger partial charge is 0.456 e. The lowest BCUT2D eigenvalue weighted by molar-refractivity contribution is -0.385. The van der Waals surface area contributed by atoms with Crippen LogP contribution >= 0.6 is 27.5 Å². The Morgan fingerprint density at radius 1 is 1.38 bits per heavy atom. The van der Waals surface area contributed by atoms with Crippen molar-refractivity contribution < 1.29 is 9.66 Å². The van der Waals surface area contributed by atoms with Gasteiger partial charge in [0.1, 0.15) is 16.0 Å². The van der Waals surface area contributed by atoms with Gasteiger partial charge >= 0.3 is 0 Å². The number of benzene rings is 2. The van der Waals surface area contributed by atoms with E-state index in [1.54, 1.807) is 30.3 Å². The van der Waals surface area contributed by atoms with Gasteiger partial charge in [-0.1, -0.05) is 23.7 Å². The lowest BCUT2D eigenvalue weighted by Crippen LogP contribution is -2.05. The summed E-state index contributed by atoms with van der Waals surface area (Å²) in [5, 5.41) is 11.4. The van der Waals surface area contributed by atoms with Gasteiger partial charge in [0.15, 0.2) is 0 Å². The Bertz CT molecular complexity index is 692. The summed E-state index contributed by atoms with van der Waals surface area (Å²) in [4.78, 5) is 10.4. The Balaban J connectivity index is 2.33. The molecule has 0 aliphatic rings. The van der Waals surface area contributed by atoms with Gasteiger partial charge in [-0.15, -0.1) is 0 Å². The minimum atomic E-state index is -0.483. The van der Waals surface area contributed by atoms with Gasteiger partial charge < -0.3 is 10.5 Å². The zero-order valence-electron chi connectivity index (χ0n) is 11.0. The summed E-state index contributed by atoms with van der Waals surface area (Å²) in [6.07, 6.45) is 0. The number of rotatable bonds is 4. The van der Waals surface area contributed by atoms with Gasteiger partial charge in [-0.3, -0.25) is 10.1 Å². The molecule has 2 aromatic carbocycles. The van der Waals surface area contributed by atoms with E-state index < -0.39 is 4.92 Å². The summed E-state index contributed by atoms with van der Waals surface area (Å²) in [5.41, 5.74) is 6.53. The standard InChI is InChI=1S/C14H12BrClN2O3/c1-8(17)10-6-5-9(7-11(10)16)21-13-4-2-3-12(14(13)15)18(19)20/h2-8H,17H2,1H3. The second-order valence-corrected chi connectivity index (χ2v) is 5.62. The summed E-state index contributed by atoms with van der Waals surface area (Å²) in [5.74, 6) is 0.819. The molecule has 1 atom stereocenters. The third kappa shape index (κ3) is 3.53. The smallest absolute Gasteiger partial charge is 0.287 e. The number of nitrogens with zero attached hydrogens (tertiary/aromatic N) is 1. The predicted octanol–water partition coefficient (Wildman–Crippen LogP) is 4.82.